The molecular formula is C27H22FN7S. The SMILES string of the molecule is Fc1cc2[nH]nc(-c3nc4c(-c5ccsc5)nccc4[nH]3)c2cc1-c1cncc(CN2CCCC2)c1. The molecule has 7 rings (SSSR count). The maximum atomic E-state index is 15.2. The minimum absolute atomic E-state index is 0.314. The molecule has 0 unspecified atom stereocenters. The van der Waals surface area contributed by atoms with Crippen LogP contribution in [0, 0.1) is 5.82 Å². The van der Waals surface area contributed by atoms with Crippen molar-refractivity contribution in [2.24, 2.45) is 0 Å². The zero-order chi connectivity index (χ0) is 24.1. The molecule has 7 nitrogen and oxygen atoms in total. The summed E-state index contributed by atoms with van der Waals surface area (Å²) >= 11 is 1.62. The molecule has 1 aliphatic rings. The standard InChI is InChI=1S/C27H22FN7S/c28-21-11-23-20(10-19(21)18-9-16(12-29-13-18)14-35-6-1-2-7-35)25(34-33-23)27-31-22-3-5-30-24(26(22)32-27)17-4-8-36-15-17/h3-5,8-13,15H,1-2,6-7,14H2,(H,31,32)(H,33,34). The molecule has 9 heteroatoms. The molecule has 0 spiro atoms. The van der Waals surface area contributed by atoms with Crippen molar-refractivity contribution < 1.29 is 4.39 Å². The van der Waals surface area contributed by atoms with Crippen LogP contribution in [0.1, 0.15) is 18.4 Å². The average Bonchev–Trinajstić information content (AvgIpc) is 3.70. The molecule has 0 aliphatic carbocycles. The summed E-state index contributed by atoms with van der Waals surface area (Å²) < 4.78 is 15.2. The van der Waals surface area contributed by atoms with Crippen LogP contribution in [0.5, 0.6) is 0 Å². The third kappa shape index (κ3) is 3.68. The predicted octanol–water partition coefficient (Wildman–Crippen LogP) is 6.03. The summed E-state index contributed by atoms with van der Waals surface area (Å²) in [6.45, 7) is 3.04. The van der Waals surface area contributed by atoms with Gasteiger partial charge in [-0.25, -0.2) is 9.37 Å². The number of hydrogen-bond acceptors (Lipinski definition) is 6. The van der Waals surface area contributed by atoms with Gasteiger partial charge in [-0.3, -0.25) is 20.0 Å². The van der Waals surface area contributed by atoms with Crippen LogP contribution < -0.4 is 0 Å². The number of nitrogens with zero attached hydrogens (tertiary/aromatic N) is 5. The van der Waals surface area contributed by atoms with Gasteiger partial charge in [-0.05, 0) is 61.1 Å². The second kappa shape index (κ2) is 8.61. The Kier molecular flexibility index (Phi) is 5.11. The van der Waals surface area contributed by atoms with Gasteiger partial charge in [0.1, 0.15) is 17.0 Å². The second-order valence-electron chi connectivity index (χ2n) is 9.17. The van der Waals surface area contributed by atoms with E-state index in [2.05, 4.69) is 35.4 Å². The molecule has 0 amide bonds. The first kappa shape index (κ1) is 21.3. The van der Waals surface area contributed by atoms with Crippen molar-refractivity contribution in [1.29, 1.82) is 0 Å². The van der Waals surface area contributed by atoms with Crippen LogP contribution >= 0.6 is 11.3 Å². The van der Waals surface area contributed by atoms with Gasteiger partial charge >= 0.3 is 0 Å². The first-order valence-electron chi connectivity index (χ1n) is 11.9. The number of hydrogen-bond donors (Lipinski definition) is 2. The molecule has 0 bridgehead atoms. The summed E-state index contributed by atoms with van der Waals surface area (Å²) in [5, 5.41) is 12.3. The lowest BCUT2D eigenvalue weighted by atomic mass is 10.0. The molecule has 36 heavy (non-hydrogen) atoms. The molecule has 1 fully saturated rings. The molecule has 1 aromatic carbocycles. The van der Waals surface area contributed by atoms with E-state index in [1.54, 1.807) is 23.7 Å². The Morgan fingerprint density at radius 1 is 1.00 bits per heavy atom. The molecular weight excluding hydrogens is 473 g/mol. The van der Waals surface area contributed by atoms with E-state index in [9.17, 15) is 0 Å². The van der Waals surface area contributed by atoms with Crippen LogP contribution in [0.25, 0.3) is 55.8 Å². The summed E-state index contributed by atoms with van der Waals surface area (Å²) in [4.78, 5) is 19.6. The lowest BCUT2D eigenvalue weighted by molar-refractivity contribution is 0.331. The number of H-pyrrole nitrogens is 2. The molecule has 1 aliphatic heterocycles. The van der Waals surface area contributed by atoms with E-state index in [1.807, 2.05) is 35.8 Å². The van der Waals surface area contributed by atoms with Gasteiger partial charge in [0.15, 0.2) is 5.82 Å². The Morgan fingerprint density at radius 3 is 2.78 bits per heavy atom. The van der Waals surface area contributed by atoms with Gasteiger partial charge in [0.2, 0.25) is 0 Å². The Balaban J connectivity index is 1.31. The lowest BCUT2D eigenvalue weighted by Crippen LogP contribution is -2.18. The van der Waals surface area contributed by atoms with E-state index < -0.39 is 0 Å². The average molecular weight is 496 g/mol. The number of rotatable bonds is 5. The van der Waals surface area contributed by atoms with Gasteiger partial charge < -0.3 is 4.98 Å². The van der Waals surface area contributed by atoms with Crippen LogP contribution in [0.4, 0.5) is 4.39 Å². The van der Waals surface area contributed by atoms with E-state index >= 15 is 4.39 Å². The van der Waals surface area contributed by atoms with Crippen molar-refractivity contribution in [2.75, 3.05) is 13.1 Å². The molecule has 6 heterocycles. The van der Waals surface area contributed by atoms with Gasteiger partial charge in [0.05, 0.1) is 16.7 Å². The highest BCUT2D eigenvalue weighted by atomic mass is 32.1. The molecule has 0 atom stereocenters. The van der Waals surface area contributed by atoms with Crippen LogP contribution in [-0.2, 0) is 6.54 Å². The van der Waals surface area contributed by atoms with E-state index in [0.29, 0.717) is 22.6 Å². The molecule has 178 valence electrons. The molecule has 6 aromatic rings. The van der Waals surface area contributed by atoms with E-state index in [1.165, 1.54) is 18.9 Å². The van der Waals surface area contributed by atoms with Crippen molar-refractivity contribution in [3.8, 4) is 33.9 Å². The van der Waals surface area contributed by atoms with Crippen molar-refractivity contribution in [2.45, 2.75) is 19.4 Å². The van der Waals surface area contributed by atoms with E-state index in [0.717, 1.165) is 58.4 Å². The highest BCUT2D eigenvalue weighted by Crippen LogP contribution is 2.34. The molecule has 0 saturated carbocycles. The van der Waals surface area contributed by atoms with E-state index in [-0.39, 0.29) is 5.82 Å². The van der Waals surface area contributed by atoms with Crippen molar-refractivity contribution in [3.05, 3.63) is 71.1 Å². The lowest BCUT2D eigenvalue weighted by Gasteiger charge is -2.15. The Bertz CT molecular complexity index is 1700. The number of pyridine rings is 2. The number of benzene rings is 1. The molecule has 0 radical (unpaired) electrons. The Labute approximate surface area is 210 Å². The third-order valence-electron chi connectivity index (χ3n) is 6.78. The monoisotopic (exact) mass is 495 g/mol. The van der Waals surface area contributed by atoms with Crippen molar-refractivity contribution >= 4 is 33.3 Å². The fourth-order valence-corrected chi connectivity index (χ4v) is 5.66. The summed E-state index contributed by atoms with van der Waals surface area (Å²) in [6.07, 6.45) is 7.82. The van der Waals surface area contributed by atoms with Gasteiger partial charge in [-0.2, -0.15) is 16.4 Å². The summed E-state index contributed by atoms with van der Waals surface area (Å²) in [5.74, 6) is 0.297. The first-order valence-corrected chi connectivity index (χ1v) is 12.9. The van der Waals surface area contributed by atoms with Crippen molar-refractivity contribution in [3.63, 3.8) is 0 Å². The summed E-state index contributed by atoms with van der Waals surface area (Å²) in [5.41, 5.74) is 7.10. The predicted molar refractivity (Wildman–Crippen MR) is 140 cm³/mol. The maximum Gasteiger partial charge on any atom is 0.159 e. The number of nitrogens with one attached hydrogen (secondary N) is 2. The summed E-state index contributed by atoms with van der Waals surface area (Å²) in [6, 6.07) is 9.31. The number of likely N-dealkylation sites (tertiary alicyclic amines) is 1. The normalized spacial score (nSPS) is 14.4. The second-order valence-corrected chi connectivity index (χ2v) is 9.95. The fourth-order valence-electron chi connectivity index (χ4n) is 5.02. The largest absolute Gasteiger partial charge is 0.336 e. The Morgan fingerprint density at radius 2 is 1.92 bits per heavy atom. The highest BCUT2D eigenvalue weighted by Gasteiger charge is 2.19. The number of halogens is 1. The van der Waals surface area contributed by atoms with Crippen LogP contribution in [0.15, 0.2) is 59.7 Å². The Hall–Kier alpha value is -3.95. The van der Waals surface area contributed by atoms with Gasteiger partial charge in [-0.15, -0.1) is 0 Å². The summed E-state index contributed by atoms with van der Waals surface area (Å²) in [7, 11) is 0. The fraction of sp³-hybridized carbons (Fsp3) is 0.185. The van der Waals surface area contributed by atoms with Crippen molar-refractivity contribution in [1.82, 2.24) is 35.0 Å². The quantitative estimate of drug-likeness (QED) is 0.305. The number of aromatic amines is 2. The van der Waals surface area contributed by atoms with E-state index in [4.69, 9.17) is 4.98 Å². The number of imidazole rings is 1. The smallest absolute Gasteiger partial charge is 0.159 e. The first-order chi connectivity index (χ1) is 17.7. The van der Waals surface area contributed by atoms with Gasteiger partial charge in [0, 0.05) is 58.7 Å². The number of fused-ring (bicyclic) bond motifs is 2. The van der Waals surface area contributed by atoms with Gasteiger partial charge in [-0.1, -0.05) is 0 Å². The number of thiophene rings is 1. The zero-order valence-electron chi connectivity index (χ0n) is 19.3. The van der Waals surface area contributed by atoms with Crippen LogP contribution in [0.2, 0.25) is 0 Å². The maximum absolute atomic E-state index is 15.2. The highest BCUT2D eigenvalue weighted by molar-refractivity contribution is 7.08. The molecule has 5 aromatic heterocycles. The van der Waals surface area contributed by atoms with Crippen LogP contribution in [-0.4, -0.2) is 48.1 Å². The molecule has 1 saturated heterocycles. The number of aromatic nitrogens is 6. The van der Waals surface area contributed by atoms with Gasteiger partial charge in [0.25, 0.3) is 0 Å². The minimum atomic E-state index is -0.314. The molecule has 2 N–H and O–H groups in total. The zero-order valence-corrected chi connectivity index (χ0v) is 20.1. The third-order valence-corrected chi connectivity index (χ3v) is 7.46. The topological polar surface area (TPSA) is 86.4 Å². The minimum Gasteiger partial charge on any atom is -0.336 e. The van der Waals surface area contributed by atoms with Crippen LogP contribution in [0.3, 0.4) is 0 Å².